The van der Waals surface area contributed by atoms with Crippen molar-refractivity contribution in [2.45, 2.75) is 0 Å². The van der Waals surface area contributed by atoms with Gasteiger partial charge >= 0.3 is 0 Å². The molecule has 9 aromatic rings. The van der Waals surface area contributed by atoms with Gasteiger partial charge in [0.1, 0.15) is 5.69 Å². The predicted molar refractivity (Wildman–Crippen MR) is 198 cm³/mol. The average Bonchev–Trinajstić information content (AvgIpc) is 3.43. The number of rotatable bonds is 4. The van der Waals surface area contributed by atoms with Crippen LogP contribution in [0.4, 0.5) is 17.1 Å². The minimum atomic E-state index is 0.866. The minimum Gasteiger partial charge on any atom is -0.311 e. The van der Waals surface area contributed by atoms with Crippen molar-refractivity contribution >= 4 is 49.9 Å². The summed E-state index contributed by atoms with van der Waals surface area (Å²) in [6, 6.07) is 60.2. The Bertz CT molecular complexity index is 2620. The zero-order valence-electron chi connectivity index (χ0n) is 26.0. The van der Waals surface area contributed by atoms with Gasteiger partial charge in [-0.2, -0.15) is 0 Å². The molecule has 4 nitrogen and oxygen atoms in total. The Hall–Kier alpha value is -6.52. The van der Waals surface area contributed by atoms with E-state index in [1.54, 1.807) is 0 Å². The normalized spacial score (nSPS) is 11.8. The maximum Gasteiger partial charge on any atom is 0.165 e. The number of fused-ring (bicyclic) bond motifs is 9. The number of para-hydroxylation sites is 5. The summed E-state index contributed by atoms with van der Waals surface area (Å²) in [6.07, 6.45) is 0. The van der Waals surface area contributed by atoms with E-state index in [1.807, 2.05) is 24.3 Å². The first kappa shape index (κ1) is 26.7. The zero-order chi connectivity index (χ0) is 31.6. The van der Waals surface area contributed by atoms with Crippen LogP contribution in [0.25, 0.3) is 72.2 Å². The second kappa shape index (κ2) is 10.5. The van der Waals surface area contributed by atoms with Crippen LogP contribution in [-0.4, -0.2) is 14.5 Å². The molecule has 0 atom stereocenters. The van der Waals surface area contributed by atoms with Gasteiger partial charge in [0.25, 0.3) is 0 Å². The van der Waals surface area contributed by atoms with E-state index in [4.69, 9.17) is 9.97 Å². The van der Waals surface area contributed by atoms with Gasteiger partial charge in [-0.15, -0.1) is 0 Å². The lowest BCUT2D eigenvalue weighted by Gasteiger charge is -2.25. The number of benzene rings is 7. The van der Waals surface area contributed by atoms with E-state index in [-0.39, 0.29) is 0 Å². The first-order valence-electron chi connectivity index (χ1n) is 16.3. The van der Waals surface area contributed by atoms with Gasteiger partial charge in [0.15, 0.2) is 5.82 Å². The Labute approximate surface area is 277 Å². The van der Waals surface area contributed by atoms with Gasteiger partial charge < -0.3 is 4.90 Å². The van der Waals surface area contributed by atoms with Crippen molar-refractivity contribution in [2.75, 3.05) is 4.90 Å². The third kappa shape index (κ3) is 4.03. The molecule has 0 saturated carbocycles. The van der Waals surface area contributed by atoms with Crippen LogP contribution in [0.5, 0.6) is 0 Å². The molecule has 1 aliphatic heterocycles. The number of anilines is 3. The molecule has 0 unspecified atom stereocenters. The van der Waals surface area contributed by atoms with Crippen molar-refractivity contribution in [1.29, 1.82) is 0 Å². The lowest BCUT2D eigenvalue weighted by atomic mass is 9.92. The Morgan fingerprint density at radius 3 is 1.73 bits per heavy atom. The topological polar surface area (TPSA) is 34.0 Å². The smallest absolute Gasteiger partial charge is 0.165 e. The summed E-state index contributed by atoms with van der Waals surface area (Å²) >= 11 is 0. The van der Waals surface area contributed by atoms with Crippen molar-refractivity contribution in [3.63, 3.8) is 0 Å². The van der Waals surface area contributed by atoms with Gasteiger partial charge in [-0.25, -0.2) is 9.97 Å². The maximum absolute atomic E-state index is 5.27. The molecule has 10 rings (SSSR count). The molecule has 0 aliphatic carbocycles. The number of aromatic nitrogens is 3. The molecule has 0 radical (unpaired) electrons. The van der Waals surface area contributed by atoms with Crippen molar-refractivity contribution in [2.24, 2.45) is 0 Å². The Morgan fingerprint density at radius 1 is 0.417 bits per heavy atom. The van der Waals surface area contributed by atoms with Crippen molar-refractivity contribution in [3.8, 4) is 39.3 Å². The largest absolute Gasteiger partial charge is 0.311 e. The van der Waals surface area contributed by atoms with Crippen LogP contribution in [0.3, 0.4) is 0 Å². The monoisotopic (exact) mass is 612 g/mol. The molecule has 0 saturated heterocycles. The van der Waals surface area contributed by atoms with Crippen LogP contribution in [0.15, 0.2) is 170 Å². The molecular weight excluding hydrogens is 585 g/mol. The quantitative estimate of drug-likeness (QED) is 0.198. The van der Waals surface area contributed by atoms with E-state index in [9.17, 15) is 0 Å². The first-order chi connectivity index (χ1) is 23.8. The number of hydrogen-bond acceptors (Lipinski definition) is 3. The van der Waals surface area contributed by atoms with Crippen molar-refractivity contribution in [1.82, 2.24) is 14.5 Å². The highest BCUT2D eigenvalue weighted by Gasteiger charge is 2.27. The molecule has 0 fully saturated rings. The van der Waals surface area contributed by atoms with Gasteiger partial charge in [0.05, 0.1) is 22.1 Å². The van der Waals surface area contributed by atoms with Gasteiger partial charge in [-0.3, -0.25) is 4.57 Å². The van der Waals surface area contributed by atoms with Crippen LogP contribution >= 0.6 is 0 Å². The van der Waals surface area contributed by atoms with Gasteiger partial charge in [-0.1, -0.05) is 103 Å². The van der Waals surface area contributed by atoms with E-state index >= 15 is 0 Å². The van der Waals surface area contributed by atoms with Gasteiger partial charge in [0.2, 0.25) is 0 Å². The summed E-state index contributed by atoms with van der Waals surface area (Å²) in [4.78, 5) is 12.8. The molecule has 4 heteroatoms. The van der Waals surface area contributed by atoms with E-state index < -0.39 is 0 Å². The molecular formula is C44H28N4. The van der Waals surface area contributed by atoms with E-state index in [0.29, 0.717) is 0 Å². The molecule has 1 aliphatic rings. The van der Waals surface area contributed by atoms with Crippen molar-refractivity contribution in [3.05, 3.63) is 170 Å². The highest BCUT2D eigenvalue weighted by Crippen LogP contribution is 2.47. The summed E-state index contributed by atoms with van der Waals surface area (Å²) in [5, 5.41) is 2.40. The third-order valence-corrected chi connectivity index (χ3v) is 9.49. The summed E-state index contributed by atoms with van der Waals surface area (Å²) in [6.45, 7) is 0. The number of nitrogens with zero attached hydrogens (tertiary/aromatic N) is 4. The lowest BCUT2D eigenvalue weighted by Crippen LogP contribution is -2.09. The van der Waals surface area contributed by atoms with Crippen LogP contribution < -0.4 is 4.90 Å². The van der Waals surface area contributed by atoms with E-state index in [0.717, 1.165) is 67.3 Å². The summed E-state index contributed by atoms with van der Waals surface area (Å²) in [5.41, 5.74) is 14.1. The maximum atomic E-state index is 5.27. The molecule has 7 aromatic carbocycles. The van der Waals surface area contributed by atoms with Crippen LogP contribution in [0.2, 0.25) is 0 Å². The molecule has 2 aromatic heterocycles. The highest BCUT2D eigenvalue weighted by atomic mass is 15.1. The molecule has 0 spiro atoms. The SMILES string of the molecule is c1ccc(N(c2ccccc2)c2ccc(-c3cc4c5c(c3)c3ccccc3n5-c3nc5ccccc5nc3-c3ccccc3-4)cc2)cc1. The fraction of sp³-hybridized carbons (Fsp3) is 0. The number of hydrogen-bond donors (Lipinski definition) is 0. The third-order valence-electron chi connectivity index (χ3n) is 9.49. The molecule has 0 N–H and O–H groups in total. The van der Waals surface area contributed by atoms with Crippen LogP contribution in [-0.2, 0) is 0 Å². The summed E-state index contributed by atoms with van der Waals surface area (Å²) < 4.78 is 2.33. The fourth-order valence-electron chi connectivity index (χ4n) is 7.35. The van der Waals surface area contributed by atoms with E-state index in [2.05, 4.69) is 155 Å². The fourth-order valence-corrected chi connectivity index (χ4v) is 7.35. The molecule has 3 heterocycles. The van der Waals surface area contributed by atoms with Crippen LogP contribution in [0.1, 0.15) is 0 Å². The second-order valence-electron chi connectivity index (χ2n) is 12.3. The Balaban J connectivity index is 1.21. The van der Waals surface area contributed by atoms with Crippen LogP contribution in [0, 0.1) is 0 Å². The first-order valence-corrected chi connectivity index (χ1v) is 16.3. The Kier molecular flexibility index (Phi) is 5.84. The minimum absolute atomic E-state index is 0.866. The molecule has 0 bridgehead atoms. The van der Waals surface area contributed by atoms with Gasteiger partial charge in [0, 0.05) is 39.0 Å². The lowest BCUT2D eigenvalue weighted by molar-refractivity contribution is 1.09. The average molecular weight is 613 g/mol. The second-order valence-corrected chi connectivity index (χ2v) is 12.3. The van der Waals surface area contributed by atoms with E-state index in [1.165, 1.54) is 21.9 Å². The van der Waals surface area contributed by atoms with Crippen molar-refractivity contribution < 1.29 is 0 Å². The summed E-state index contributed by atoms with van der Waals surface area (Å²) in [7, 11) is 0. The zero-order valence-corrected chi connectivity index (χ0v) is 26.0. The Morgan fingerprint density at radius 2 is 1.00 bits per heavy atom. The standard InChI is InChI=1S/C44H28N4/c1-3-13-31(14-4-1)47(32-15-5-2-6-16-32)33-25-23-29(24-26-33)30-27-37-34-17-7-8-19-36(34)42-44(46-40-21-11-10-20-39(40)45-42)48-41-22-12-9-18-35(41)38(28-30)43(37)48/h1-28H. The molecule has 48 heavy (non-hydrogen) atoms. The van der Waals surface area contributed by atoms with Gasteiger partial charge in [-0.05, 0) is 83.4 Å². The highest BCUT2D eigenvalue weighted by molar-refractivity contribution is 6.17. The molecule has 224 valence electrons. The predicted octanol–water partition coefficient (Wildman–Crippen LogP) is 11.5. The molecule has 0 amide bonds. The summed E-state index contributed by atoms with van der Waals surface area (Å²) in [5.74, 6) is 0.866.